The van der Waals surface area contributed by atoms with Crippen LogP contribution < -0.4 is 0 Å². The van der Waals surface area contributed by atoms with E-state index in [0.29, 0.717) is 23.1 Å². The number of benzene rings is 2. The Balaban J connectivity index is 2.57. The van der Waals surface area contributed by atoms with Crippen LogP contribution in [-0.2, 0) is 6.42 Å². The molecule has 0 fully saturated rings. The van der Waals surface area contributed by atoms with Crippen molar-refractivity contribution in [3.8, 4) is 11.1 Å². The molecule has 0 saturated heterocycles. The van der Waals surface area contributed by atoms with E-state index in [1.54, 1.807) is 13.1 Å². The second-order valence-electron chi connectivity index (χ2n) is 6.53. The normalized spacial score (nSPS) is 10.5. The average Bonchev–Trinajstić information content (AvgIpc) is 2.70. The summed E-state index contributed by atoms with van der Waals surface area (Å²) in [5, 5.41) is 15.6. The van der Waals surface area contributed by atoms with E-state index in [-0.39, 0.29) is 11.6 Å². The number of amidine groups is 1. The number of hydrogen-bond donors (Lipinski definition) is 2. The summed E-state index contributed by atoms with van der Waals surface area (Å²) in [5.74, 6) is -0.301. The molecule has 0 unspecified atom stereocenters. The second kappa shape index (κ2) is 9.21. The van der Waals surface area contributed by atoms with Gasteiger partial charge in [-0.05, 0) is 47.7 Å². The lowest BCUT2D eigenvalue weighted by Gasteiger charge is -2.18. The molecule has 2 aromatic rings. The van der Waals surface area contributed by atoms with Crippen LogP contribution in [0.1, 0.15) is 54.6 Å². The molecule has 2 aromatic carbocycles. The van der Waals surface area contributed by atoms with Crippen LogP contribution in [0.15, 0.2) is 36.4 Å². The molecule has 0 heterocycles. The Bertz CT molecular complexity index is 861. The van der Waals surface area contributed by atoms with Gasteiger partial charge in [-0.25, -0.2) is 4.39 Å². The number of hydrogen-bond acceptors (Lipinski definition) is 3. The van der Waals surface area contributed by atoms with Gasteiger partial charge >= 0.3 is 0 Å². The van der Waals surface area contributed by atoms with Crippen molar-refractivity contribution in [2.24, 2.45) is 0 Å². The van der Waals surface area contributed by atoms with E-state index < -0.39 is 5.82 Å². The van der Waals surface area contributed by atoms with Crippen molar-refractivity contribution >= 4 is 18.0 Å². The van der Waals surface area contributed by atoms with Crippen molar-refractivity contribution in [3.05, 3.63) is 58.9 Å². The Kier molecular flexibility index (Phi) is 6.99. The van der Waals surface area contributed by atoms with Crippen molar-refractivity contribution in [1.82, 2.24) is 4.90 Å². The molecule has 0 atom stereocenters. The first-order valence-corrected chi connectivity index (χ1v) is 9.21. The van der Waals surface area contributed by atoms with Crippen molar-refractivity contribution in [2.45, 2.75) is 39.5 Å². The van der Waals surface area contributed by atoms with Gasteiger partial charge < -0.3 is 4.90 Å². The summed E-state index contributed by atoms with van der Waals surface area (Å²) in [5.41, 5.74) is 3.52. The Morgan fingerprint density at radius 1 is 1.15 bits per heavy atom. The van der Waals surface area contributed by atoms with E-state index in [2.05, 4.69) is 6.92 Å². The van der Waals surface area contributed by atoms with Crippen LogP contribution in [0.25, 0.3) is 11.1 Å². The third-order valence-corrected chi connectivity index (χ3v) is 4.64. The highest BCUT2D eigenvalue weighted by Gasteiger charge is 2.17. The monoisotopic (exact) mass is 367 g/mol. The van der Waals surface area contributed by atoms with Gasteiger partial charge in [-0.3, -0.25) is 15.6 Å². The molecule has 142 valence electrons. The predicted octanol–water partition coefficient (Wildman–Crippen LogP) is 5.29. The van der Waals surface area contributed by atoms with Crippen LogP contribution in [-0.4, -0.2) is 29.9 Å². The zero-order chi connectivity index (χ0) is 20.0. The number of ketones is 1. The fourth-order valence-electron chi connectivity index (χ4n) is 3.00. The number of aryl methyl sites for hydroxylation is 1. The number of nitrogens with one attached hydrogen (secondary N) is 2. The standard InChI is InChI=1S/C22H26FN3O/c1-4-6-7-21(27)19-12-16(9-8-15(19)5-2)18-11-10-17(23)13-20(18)22(25)26(3)14-24/h8-14,24-25H,4-7H2,1-3H3. The number of unbranched alkanes of at least 4 members (excludes halogenated alkanes) is 1. The fourth-order valence-corrected chi connectivity index (χ4v) is 3.00. The highest BCUT2D eigenvalue weighted by Crippen LogP contribution is 2.28. The Labute approximate surface area is 160 Å². The number of Topliss-reactive ketones (excluding diaryl/α,β-unsaturated/α-hetero) is 1. The van der Waals surface area contributed by atoms with Crippen LogP contribution in [0.5, 0.6) is 0 Å². The largest absolute Gasteiger partial charge is 0.321 e. The Morgan fingerprint density at radius 2 is 1.89 bits per heavy atom. The highest BCUT2D eigenvalue weighted by molar-refractivity contribution is 6.07. The minimum atomic E-state index is -0.443. The molecule has 0 spiro atoms. The first-order chi connectivity index (χ1) is 12.9. The molecular weight excluding hydrogens is 341 g/mol. The first-order valence-electron chi connectivity index (χ1n) is 9.21. The van der Waals surface area contributed by atoms with Crippen molar-refractivity contribution < 1.29 is 9.18 Å². The third kappa shape index (κ3) is 4.67. The average molecular weight is 367 g/mol. The van der Waals surface area contributed by atoms with E-state index in [1.165, 1.54) is 17.0 Å². The summed E-state index contributed by atoms with van der Waals surface area (Å²) in [7, 11) is 1.57. The summed E-state index contributed by atoms with van der Waals surface area (Å²) >= 11 is 0. The quantitative estimate of drug-likeness (QED) is 0.378. The molecule has 0 saturated carbocycles. The fraction of sp³-hybridized carbons (Fsp3) is 0.318. The van der Waals surface area contributed by atoms with E-state index in [1.807, 2.05) is 25.1 Å². The van der Waals surface area contributed by atoms with Crippen LogP contribution in [0, 0.1) is 16.6 Å². The Morgan fingerprint density at radius 3 is 2.52 bits per heavy atom. The summed E-state index contributed by atoms with van der Waals surface area (Å²) < 4.78 is 13.8. The van der Waals surface area contributed by atoms with Crippen molar-refractivity contribution in [2.75, 3.05) is 7.05 Å². The molecule has 0 radical (unpaired) electrons. The van der Waals surface area contributed by atoms with E-state index in [9.17, 15) is 9.18 Å². The third-order valence-electron chi connectivity index (χ3n) is 4.64. The van der Waals surface area contributed by atoms with Gasteiger partial charge in [0.05, 0.1) is 6.34 Å². The zero-order valence-electron chi connectivity index (χ0n) is 16.1. The minimum absolute atomic E-state index is 0.0259. The lowest BCUT2D eigenvalue weighted by molar-refractivity contribution is 0.0979. The second-order valence-corrected chi connectivity index (χ2v) is 6.53. The predicted molar refractivity (Wildman–Crippen MR) is 108 cm³/mol. The lowest BCUT2D eigenvalue weighted by Crippen LogP contribution is -2.25. The van der Waals surface area contributed by atoms with Crippen LogP contribution in [0.2, 0.25) is 0 Å². The molecule has 0 aromatic heterocycles. The molecule has 2 rings (SSSR count). The van der Waals surface area contributed by atoms with Crippen molar-refractivity contribution in [1.29, 1.82) is 10.8 Å². The van der Waals surface area contributed by atoms with Gasteiger partial charge in [0.25, 0.3) is 0 Å². The topological polar surface area (TPSA) is 68.0 Å². The highest BCUT2D eigenvalue weighted by atomic mass is 19.1. The Hall–Kier alpha value is -2.82. The maximum absolute atomic E-state index is 13.8. The lowest BCUT2D eigenvalue weighted by atomic mass is 9.91. The number of rotatable bonds is 8. The number of carbonyl (C=O) groups is 1. The van der Waals surface area contributed by atoms with Gasteiger partial charge in [0.1, 0.15) is 11.7 Å². The molecule has 5 heteroatoms. The van der Waals surface area contributed by atoms with Crippen LogP contribution in [0.4, 0.5) is 4.39 Å². The molecule has 0 aliphatic rings. The molecule has 0 aliphatic heterocycles. The van der Waals surface area contributed by atoms with E-state index >= 15 is 0 Å². The zero-order valence-corrected chi connectivity index (χ0v) is 16.1. The maximum atomic E-state index is 13.8. The van der Waals surface area contributed by atoms with Crippen LogP contribution >= 0.6 is 0 Å². The summed E-state index contributed by atoms with van der Waals surface area (Å²) in [6, 6.07) is 9.96. The van der Waals surface area contributed by atoms with Gasteiger partial charge in [0.2, 0.25) is 0 Å². The number of nitrogens with zero attached hydrogens (tertiary/aromatic N) is 1. The smallest absolute Gasteiger partial charge is 0.163 e. The number of halogens is 1. The van der Waals surface area contributed by atoms with Gasteiger partial charge in [0, 0.05) is 24.6 Å². The van der Waals surface area contributed by atoms with E-state index in [0.717, 1.165) is 36.7 Å². The molecule has 0 bridgehead atoms. The minimum Gasteiger partial charge on any atom is -0.321 e. The molecular formula is C22H26FN3O. The first kappa shape index (κ1) is 20.5. The van der Waals surface area contributed by atoms with Crippen molar-refractivity contribution in [3.63, 3.8) is 0 Å². The van der Waals surface area contributed by atoms with Gasteiger partial charge in [-0.2, -0.15) is 0 Å². The van der Waals surface area contributed by atoms with E-state index in [4.69, 9.17) is 10.8 Å². The summed E-state index contributed by atoms with van der Waals surface area (Å²) in [6.45, 7) is 4.07. The SMILES string of the molecule is CCCCC(=O)c1cc(-c2ccc(F)cc2C(=N)N(C)C=N)ccc1CC. The van der Waals surface area contributed by atoms with Gasteiger partial charge in [-0.15, -0.1) is 0 Å². The molecule has 4 nitrogen and oxygen atoms in total. The molecule has 0 amide bonds. The summed E-state index contributed by atoms with van der Waals surface area (Å²) in [6.07, 6.45) is 4.09. The van der Waals surface area contributed by atoms with Crippen LogP contribution in [0.3, 0.4) is 0 Å². The van der Waals surface area contributed by atoms with Gasteiger partial charge in [-0.1, -0.05) is 38.5 Å². The summed E-state index contributed by atoms with van der Waals surface area (Å²) in [4.78, 5) is 14.0. The number of carbonyl (C=O) groups excluding carboxylic acids is 1. The molecule has 2 N–H and O–H groups in total. The molecule has 0 aliphatic carbocycles. The van der Waals surface area contributed by atoms with Gasteiger partial charge in [0.15, 0.2) is 5.78 Å². The molecule has 27 heavy (non-hydrogen) atoms. The maximum Gasteiger partial charge on any atom is 0.163 e.